The first kappa shape index (κ1) is 30.1. The number of hydrogen-bond acceptors (Lipinski definition) is 7. The van der Waals surface area contributed by atoms with Crippen LogP contribution in [-0.2, 0) is 6.61 Å². The molecule has 4 rings (SSSR count). The van der Waals surface area contributed by atoms with Crippen molar-refractivity contribution in [2.45, 2.75) is 26.9 Å². The molecule has 4 aromatic rings. The third-order valence-electron chi connectivity index (χ3n) is 5.85. The third-order valence-corrected chi connectivity index (χ3v) is 6.10. The summed E-state index contributed by atoms with van der Waals surface area (Å²) < 4.78 is 22.6. The van der Waals surface area contributed by atoms with Crippen molar-refractivity contribution in [1.29, 1.82) is 0 Å². The number of hydrogen-bond donors (Lipinski definition) is 1. The van der Waals surface area contributed by atoms with Crippen LogP contribution in [0.5, 0.6) is 23.0 Å². The number of hydrazone groups is 1. The Bertz CT molecular complexity index is 1500. The summed E-state index contributed by atoms with van der Waals surface area (Å²) in [6.45, 7) is 5.21. The smallest absolute Gasteiger partial charge is 0.343 e. The lowest BCUT2D eigenvalue weighted by Crippen LogP contribution is -2.17. The van der Waals surface area contributed by atoms with Crippen molar-refractivity contribution in [1.82, 2.24) is 5.43 Å². The van der Waals surface area contributed by atoms with Crippen LogP contribution >= 0.6 is 11.6 Å². The summed E-state index contributed by atoms with van der Waals surface area (Å²) in [5.74, 6) is 1.07. The monoisotopic (exact) mass is 586 g/mol. The predicted octanol–water partition coefficient (Wildman–Crippen LogP) is 7.09. The molecule has 0 bridgehead atoms. The highest BCUT2D eigenvalue weighted by atomic mass is 35.5. The molecule has 0 saturated carbocycles. The zero-order valence-electron chi connectivity index (χ0n) is 23.3. The van der Waals surface area contributed by atoms with E-state index in [9.17, 15) is 9.59 Å². The molecule has 0 aliphatic heterocycles. The molecule has 1 amide bonds. The van der Waals surface area contributed by atoms with Gasteiger partial charge < -0.3 is 18.9 Å². The Labute approximate surface area is 249 Å². The minimum absolute atomic E-state index is 0.271. The zero-order valence-corrected chi connectivity index (χ0v) is 24.1. The van der Waals surface area contributed by atoms with Gasteiger partial charge in [0.05, 0.1) is 25.0 Å². The lowest BCUT2D eigenvalue weighted by molar-refractivity contribution is 0.0728. The Kier molecular flexibility index (Phi) is 10.9. The van der Waals surface area contributed by atoms with Gasteiger partial charge in [-0.3, -0.25) is 4.79 Å². The van der Waals surface area contributed by atoms with Crippen LogP contribution in [0.15, 0.2) is 96.1 Å². The maximum absolute atomic E-state index is 12.7. The average molecular weight is 587 g/mol. The molecule has 4 aromatic carbocycles. The number of ether oxygens (including phenoxy) is 4. The number of amides is 1. The number of rotatable bonds is 13. The van der Waals surface area contributed by atoms with E-state index >= 15 is 0 Å². The van der Waals surface area contributed by atoms with Crippen LogP contribution < -0.4 is 24.4 Å². The number of nitrogens with zero attached hydrogens (tertiary/aromatic N) is 1. The van der Waals surface area contributed by atoms with Gasteiger partial charge in [0, 0.05) is 10.6 Å². The first-order valence-electron chi connectivity index (χ1n) is 13.5. The Morgan fingerprint density at radius 2 is 1.45 bits per heavy atom. The number of halogens is 1. The minimum Gasteiger partial charge on any atom is -0.494 e. The van der Waals surface area contributed by atoms with Gasteiger partial charge in [0.15, 0.2) is 11.5 Å². The van der Waals surface area contributed by atoms with Gasteiger partial charge >= 0.3 is 5.97 Å². The van der Waals surface area contributed by atoms with Crippen molar-refractivity contribution in [2.75, 3.05) is 13.2 Å². The number of carbonyl (C=O) groups is 2. The fourth-order valence-electron chi connectivity index (χ4n) is 3.70. The van der Waals surface area contributed by atoms with Crippen molar-refractivity contribution in [2.24, 2.45) is 5.10 Å². The van der Waals surface area contributed by atoms with Gasteiger partial charge in [0.25, 0.3) is 5.91 Å². The van der Waals surface area contributed by atoms with Gasteiger partial charge in [-0.15, -0.1) is 0 Å². The van der Waals surface area contributed by atoms with E-state index in [1.165, 1.54) is 6.21 Å². The molecule has 0 radical (unpaired) electrons. The Morgan fingerprint density at radius 1 is 0.786 bits per heavy atom. The number of carbonyl (C=O) groups excluding carboxylic acids is 2. The highest BCUT2D eigenvalue weighted by Crippen LogP contribution is 2.29. The second kappa shape index (κ2) is 15.3. The molecular weight excluding hydrogens is 556 g/mol. The van der Waals surface area contributed by atoms with E-state index in [-0.39, 0.29) is 11.7 Å². The first-order valence-corrected chi connectivity index (χ1v) is 13.9. The summed E-state index contributed by atoms with van der Waals surface area (Å²) in [6.07, 6.45) is 2.37. The summed E-state index contributed by atoms with van der Waals surface area (Å²) in [5.41, 5.74) is 4.94. The van der Waals surface area contributed by atoms with Crippen LogP contribution in [0.3, 0.4) is 0 Å². The lowest BCUT2D eigenvalue weighted by atomic mass is 10.2. The maximum atomic E-state index is 12.7. The molecule has 0 fully saturated rings. The summed E-state index contributed by atoms with van der Waals surface area (Å²) >= 11 is 5.91. The van der Waals surface area contributed by atoms with Crippen molar-refractivity contribution in [3.8, 4) is 23.0 Å². The molecule has 0 aliphatic carbocycles. The van der Waals surface area contributed by atoms with E-state index in [1.807, 2.05) is 26.0 Å². The molecule has 9 heteroatoms. The first-order chi connectivity index (χ1) is 20.4. The summed E-state index contributed by atoms with van der Waals surface area (Å²) in [7, 11) is 0. The summed E-state index contributed by atoms with van der Waals surface area (Å²) in [4.78, 5) is 25.2. The van der Waals surface area contributed by atoms with Gasteiger partial charge in [-0.2, -0.15) is 5.10 Å². The molecule has 0 heterocycles. The summed E-state index contributed by atoms with van der Waals surface area (Å²) in [5, 5.41) is 4.72. The van der Waals surface area contributed by atoms with Crippen LogP contribution in [-0.4, -0.2) is 31.3 Å². The van der Waals surface area contributed by atoms with E-state index in [2.05, 4.69) is 10.5 Å². The van der Waals surface area contributed by atoms with Crippen molar-refractivity contribution >= 4 is 29.7 Å². The molecule has 216 valence electrons. The fourth-order valence-corrected chi connectivity index (χ4v) is 3.83. The Morgan fingerprint density at radius 3 is 2.12 bits per heavy atom. The van der Waals surface area contributed by atoms with Crippen LogP contribution in [0.25, 0.3) is 0 Å². The quantitative estimate of drug-likeness (QED) is 0.0777. The molecule has 0 saturated heterocycles. The van der Waals surface area contributed by atoms with E-state index < -0.39 is 5.97 Å². The molecule has 0 unspecified atom stereocenters. The molecule has 1 N–H and O–H groups in total. The van der Waals surface area contributed by atoms with E-state index in [1.54, 1.807) is 78.9 Å². The van der Waals surface area contributed by atoms with Gasteiger partial charge in [-0.25, -0.2) is 10.2 Å². The molecule has 42 heavy (non-hydrogen) atoms. The van der Waals surface area contributed by atoms with Gasteiger partial charge in [0.2, 0.25) is 0 Å². The average Bonchev–Trinajstić information content (AvgIpc) is 3.01. The van der Waals surface area contributed by atoms with E-state index in [4.69, 9.17) is 30.5 Å². The molecule has 0 aromatic heterocycles. The normalized spacial score (nSPS) is 10.7. The maximum Gasteiger partial charge on any atom is 0.343 e. The van der Waals surface area contributed by atoms with Crippen molar-refractivity contribution in [3.63, 3.8) is 0 Å². The second-order valence-electron chi connectivity index (χ2n) is 9.04. The zero-order chi connectivity index (χ0) is 29.7. The SMILES string of the molecule is CCCOc1ccc(C(=O)Oc2ccc(/C=N\NC(=O)c3ccc(OCc4ccc(Cl)cc4)cc3)cc2OCC)cc1. The predicted molar refractivity (Wildman–Crippen MR) is 162 cm³/mol. The molecule has 8 nitrogen and oxygen atoms in total. The molecule has 0 spiro atoms. The Hall–Kier alpha value is -4.82. The third kappa shape index (κ3) is 8.84. The second-order valence-corrected chi connectivity index (χ2v) is 9.48. The van der Waals surface area contributed by atoms with Gasteiger partial charge in [-0.05, 0) is 103 Å². The largest absolute Gasteiger partial charge is 0.494 e. The van der Waals surface area contributed by atoms with E-state index in [0.717, 1.165) is 12.0 Å². The number of benzene rings is 4. The number of nitrogens with one attached hydrogen (secondary N) is 1. The topological polar surface area (TPSA) is 95.5 Å². The minimum atomic E-state index is -0.520. The molecular formula is C33H31ClN2O6. The Balaban J connectivity index is 1.32. The lowest BCUT2D eigenvalue weighted by Gasteiger charge is -2.12. The highest BCUT2D eigenvalue weighted by Gasteiger charge is 2.14. The molecule has 0 aliphatic rings. The van der Waals surface area contributed by atoms with Gasteiger partial charge in [0.1, 0.15) is 18.1 Å². The molecule has 0 atom stereocenters. The summed E-state index contributed by atoms with van der Waals surface area (Å²) in [6, 6.07) is 25.9. The van der Waals surface area contributed by atoms with E-state index in [0.29, 0.717) is 58.8 Å². The van der Waals surface area contributed by atoms with Crippen molar-refractivity contribution in [3.05, 3.63) is 118 Å². The van der Waals surface area contributed by atoms with Crippen LogP contribution in [0, 0.1) is 0 Å². The fraction of sp³-hybridized carbons (Fsp3) is 0.182. The number of esters is 1. The van der Waals surface area contributed by atoms with Crippen molar-refractivity contribution < 1.29 is 28.5 Å². The van der Waals surface area contributed by atoms with Crippen LogP contribution in [0.4, 0.5) is 0 Å². The highest BCUT2D eigenvalue weighted by molar-refractivity contribution is 6.30. The van der Waals surface area contributed by atoms with Crippen LogP contribution in [0.2, 0.25) is 5.02 Å². The standard InChI is InChI=1S/C33H31ClN2O6/c1-3-19-40-28-16-10-26(11-17-28)33(38)42-30-18-7-24(20-31(30)39-4-2)21-35-36-32(37)25-8-14-29(15-9-25)41-22-23-5-12-27(34)13-6-23/h5-18,20-21H,3-4,19,22H2,1-2H3,(H,36,37)/b35-21-. The van der Waals surface area contributed by atoms with Crippen LogP contribution in [0.1, 0.15) is 52.1 Å². The van der Waals surface area contributed by atoms with Gasteiger partial charge in [-0.1, -0.05) is 30.7 Å².